The first-order valence-corrected chi connectivity index (χ1v) is 7.94. The zero-order chi connectivity index (χ0) is 19.4. The zero-order valence-corrected chi connectivity index (χ0v) is 14.4. The predicted octanol–water partition coefficient (Wildman–Crippen LogP) is 1.77. The van der Waals surface area contributed by atoms with Crippen molar-refractivity contribution in [2.45, 2.75) is 6.54 Å². The normalized spacial score (nSPS) is 12.4. The van der Waals surface area contributed by atoms with E-state index in [0.29, 0.717) is 17.0 Å². The largest absolute Gasteiger partial charge is 0.396 e. The molecule has 0 fully saturated rings. The Hall–Kier alpha value is -3.62. The van der Waals surface area contributed by atoms with Crippen molar-refractivity contribution in [2.75, 3.05) is 0 Å². The first-order chi connectivity index (χ1) is 12.9. The molecule has 0 bridgehead atoms. The van der Waals surface area contributed by atoms with Crippen LogP contribution in [0.5, 0.6) is 0 Å². The van der Waals surface area contributed by atoms with Crippen LogP contribution >= 0.6 is 0 Å². The van der Waals surface area contributed by atoms with Gasteiger partial charge in [0.25, 0.3) is 5.56 Å². The van der Waals surface area contributed by atoms with Crippen LogP contribution in [-0.2, 0) is 13.6 Å². The van der Waals surface area contributed by atoms with Gasteiger partial charge in [0.1, 0.15) is 11.5 Å². The molecule has 0 aliphatic heterocycles. The molecule has 27 heavy (non-hydrogen) atoms. The van der Waals surface area contributed by atoms with E-state index < -0.39 is 11.4 Å². The molecule has 2 heterocycles. The van der Waals surface area contributed by atoms with Gasteiger partial charge >= 0.3 is 0 Å². The molecular formula is C18H16F2N6O. The quantitative estimate of drug-likeness (QED) is 0.668. The lowest BCUT2D eigenvalue weighted by Gasteiger charge is -2.04. The third-order valence-electron chi connectivity index (χ3n) is 3.68. The fourth-order valence-electron chi connectivity index (χ4n) is 2.29. The van der Waals surface area contributed by atoms with Crippen molar-refractivity contribution in [2.24, 2.45) is 17.8 Å². The Balaban J connectivity index is 1.99. The van der Waals surface area contributed by atoms with Crippen LogP contribution in [0.3, 0.4) is 0 Å². The molecule has 3 N–H and O–H groups in total. The molecule has 0 aliphatic rings. The van der Waals surface area contributed by atoms with Crippen LogP contribution in [0.15, 0.2) is 58.6 Å². The van der Waals surface area contributed by atoms with E-state index in [1.807, 2.05) is 0 Å². The van der Waals surface area contributed by atoms with E-state index in [-0.39, 0.29) is 23.9 Å². The molecule has 9 heteroatoms. The maximum atomic E-state index is 13.8. The van der Waals surface area contributed by atoms with Crippen LogP contribution in [0.2, 0.25) is 0 Å². The number of rotatable bonds is 5. The Kier molecular flexibility index (Phi) is 5.20. The Labute approximate surface area is 152 Å². The molecule has 3 rings (SSSR count). The highest BCUT2D eigenvalue weighted by Gasteiger charge is 2.10. The molecule has 0 atom stereocenters. The molecule has 0 saturated heterocycles. The van der Waals surface area contributed by atoms with Crippen molar-refractivity contribution in [1.29, 1.82) is 0 Å². The number of nitrogens with one attached hydrogen (secondary N) is 1. The van der Waals surface area contributed by atoms with Gasteiger partial charge in [0, 0.05) is 18.8 Å². The summed E-state index contributed by atoms with van der Waals surface area (Å²) in [6.45, 7) is 0.0652. The smallest absolute Gasteiger partial charge is 0.287 e. The first kappa shape index (κ1) is 18.2. The number of hydrogen-bond donors (Lipinski definition) is 2. The van der Waals surface area contributed by atoms with Crippen molar-refractivity contribution < 1.29 is 8.78 Å². The standard InChI is InChI=1S/C18H16F2N6O/c1-26-7-6-15(25-26)16(22-9-11-4-2-3-5-12(11)19)8-14(21)17-23-10-13(20)18(27)24-17/h2-8,10H,9,21H2,1H3,(H,23,24,27)/b14-8-,22-16?. The summed E-state index contributed by atoms with van der Waals surface area (Å²) in [7, 11) is 1.74. The summed E-state index contributed by atoms with van der Waals surface area (Å²) in [4.78, 5) is 21.8. The Morgan fingerprint density at radius 1 is 1.30 bits per heavy atom. The second kappa shape index (κ2) is 7.73. The van der Waals surface area contributed by atoms with E-state index >= 15 is 0 Å². The molecule has 3 aromatic rings. The number of nitrogens with two attached hydrogens (primary N) is 1. The Morgan fingerprint density at radius 3 is 2.74 bits per heavy atom. The third-order valence-corrected chi connectivity index (χ3v) is 3.68. The molecule has 0 amide bonds. The highest BCUT2D eigenvalue weighted by atomic mass is 19.1. The number of hydrogen-bond acceptors (Lipinski definition) is 5. The minimum Gasteiger partial charge on any atom is -0.396 e. The van der Waals surface area contributed by atoms with Gasteiger partial charge < -0.3 is 10.7 Å². The Bertz CT molecular complexity index is 1080. The minimum atomic E-state index is -1.01. The zero-order valence-electron chi connectivity index (χ0n) is 14.4. The van der Waals surface area contributed by atoms with Crippen molar-refractivity contribution in [3.8, 4) is 0 Å². The molecular weight excluding hydrogens is 354 g/mol. The van der Waals surface area contributed by atoms with Crippen molar-refractivity contribution in [3.05, 3.63) is 87.9 Å². The first-order valence-electron chi connectivity index (χ1n) is 7.94. The van der Waals surface area contributed by atoms with Gasteiger partial charge in [0.05, 0.1) is 24.2 Å². The summed E-state index contributed by atoms with van der Waals surface area (Å²) >= 11 is 0. The number of allylic oxidation sites excluding steroid dienone is 1. The highest BCUT2D eigenvalue weighted by molar-refractivity contribution is 6.10. The van der Waals surface area contributed by atoms with Crippen LogP contribution in [-0.4, -0.2) is 25.5 Å². The number of aromatic amines is 1. The van der Waals surface area contributed by atoms with Gasteiger partial charge in [-0.25, -0.2) is 9.37 Å². The fraction of sp³-hybridized carbons (Fsp3) is 0.111. The van der Waals surface area contributed by atoms with Gasteiger partial charge in [0.2, 0.25) is 5.82 Å². The topological polar surface area (TPSA) is 102 Å². The maximum Gasteiger partial charge on any atom is 0.287 e. The lowest BCUT2D eigenvalue weighted by molar-refractivity contribution is 0.599. The number of H-pyrrole nitrogens is 1. The fourth-order valence-corrected chi connectivity index (χ4v) is 2.29. The van der Waals surface area contributed by atoms with E-state index in [2.05, 4.69) is 20.1 Å². The van der Waals surface area contributed by atoms with Gasteiger partial charge in [-0.2, -0.15) is 9.49 Å². The molecule has 1 aromatic carbocycles. The van der Waals surface area contributed by atoms with Gasteiger partial charge in [-0.3, -0.25) is 14.5 Å². The number of nitrogens with zero attached hydrogens (tertiary/aromatic N) is 4. The molecule has 2 aromatic heterocycles. The van der Waals surface area contributed by atoms with Gasteiger partial charge in [-0.15, -0.1) is 0 Å². The van der Waals surface area contributed by atoms with E-state index in [9.17, 15) is 13.6 Å². The average Bonchev–Trinajstić information content (AvgIpc) is 3.08. The summed E-state index contributed by atoms with van der Waals surface area (Å²) in [5.41, 5.74) is 6.38. The van der Waals surface area contributed by atoms with Crippen LogP contribution in [0, 0.1) is 11.6 Å². The number of aliphatic imine (C=N–C) groups is 1. The van der Waals surface area contributed by atoms with Crippen LogP contribution in [0.1, 0.15) is 17.1 Å². The maximum absolute atomic E-state index is 13.8. The number of aromatic nitrogens is 4. The van der Waals surface area contributed by atoms with Crippen LogP contribution < -0.4 is 11.3 Å². The molecule has 0 spiro atoms. The summed E-state index contributed by atoms with van der Waals surface area (Å²) in [6, 6.07) is 8.00. The third kappa shape index (κ3) is 4.32. The van der Waals surface area contributed by atoms with E-state index in [1.54, 1.807) is 42.2 Å². The molecule has 0 unspecified atom stereocenters. The number of halogens is 2. The highest BCUT2D eigenvalue weighted by Crippen LogP contribution is 2.11. The monoisotopic (exact) mass is 370 g/mol. The molecule has 0 saturated carbocycles. The summed E-state index contributed by atoms with van der Waals surface area (Å²) in [5.74, 6) is -1.39. The SMILES string of the molecule is Cn1ccc(C(/C=C(\N)c2ncc(F)c(=O)[nH]2)=NCc2ccccc2F)n1. The molecule has 7 nitrogen and oxygen atoms in total. The van der Waals surface area contributed by atoms with Crippen molar-refractivity contribution in [3.63, 3.8) is 0 Å². The van der Waals surface area contributed by atoms with Crippen molar-refractivity contribution >= 4 is 11.4 Å². The average molecular weight is 370 g/mol. The number of benzene rings is 1. The minimum absolute atomic E-state index is 0.00378. The summed E-state index contributed by atoms with van der Waals surface area (Å²) in [6.07, 6.45) is 3.95. The summed E-state index contributed by atoms with van der Waals surface area (Å²) < 4.78 is 28.5. The Morgan fingerprint density at radius 2 is 2.07 bits per heavy atom. The van der Waals surface area contributed by atoms with Crippen molar-refractivity contribution in [1.82, 2.24) is 19.7 Å². The number of aryl methyl sites for hydroxylation is 1. The van der Waals surface area contributed by atoms with Crippen LogP contribution in [0.4, 0.5) is 8.78 Å². The van der Waals surface area contributed by atoms with Crippen LogP contribution in [0.25, 0.3) is 5.70 Å². The van der Waals surface area contributed by atoms with E-state index in [4.69, 9.17) is 5.73 Å². The van der Waals surface area contributed by atoms with E-state index in [1.165, 1.54) is 12.1 Å². The second-order valence-corrected chi connectivity index (χ2v) is 5.68. The molecule has 0 radical (unpaired) electrons. The predicted molar refractivity (Wildman–Crippen MR) is 96.8 cm³/mol. The van der Waals surface area contributed by atoms with E-state index in [0.717, 1.165) is 6.20 Å². The van der Waals surface area contributed by atoms with Gasteiger partial charge in [-0.05, 0) is 18.2 Å². The second-order valence-electron chi connectivity index (χ2n) is 5.68. The van der Waals surface area contributed by atoms with Gasteiger partial charge in [-0.1, -0.05) is 18.2 Å². The lowest BCUT2D eigenvalue weighted by atomic mass is 10.2. The summed E-state index contributed by atoms with van der Waals surface area (Å²) in [5, 5.41) is 4.26. The molecule has 138 valence electrons. The lowest BCUT2D eigenvalue weighted by Crippen LogP contribution is -2.17. The van der Waals surface area contributed by atoms with Gasteiger partial charge in [0.15, 0.2) is 5.82 Å². The molecule has 0 aliphatic carbocycles.